The van der Waals surface area contributed by atoms with Crippen LogP contribution in [0.4, 0.5) is 18.9 Å². The molecule has 0 aliphatic rings. The van der Waals surface area contributed by atoms with Crippen molar-refractivity contribution in [3.05, 3.63) is 57.6 Å². The van der Waals surface area contributed by atoms with E-state index in [1.807, 2.05) is 0 Å². The van der Waals surface area contributed by atoms with E-state index in [1.54, 1.807) is 0 Å². The molecule has 0 radical (unpaired) electrons. The summed E-state index contributed by atoms with van der Waals surface area (Å²) in [5.74, 6) is -1.07. The number of alkyl halides is 3. The van der Waals surface area contributed by atoms with Crippen LogP contribution in [0.2, 0.25) is 0 Å². The zero-order valence-electron chi connectivity index (χ0n) is 13.4. The minimum Gasteiger partial charge on any atom is -0.497 e. The molecule has 0 bridgehead atoms. The smallest absolute Gasteiger partial charge is 0.420 e. The number of halogens is 3. The zero-order valence-corrected chi connectivity index (χ0v) is 14.2. The summed E-state index contributed by atoms with van der Waals surface area (Å²) in [5, 5.41) is 11.0. The third-order valence-corrected chi connectivity index (χ3v) is 4.72. The predicted molar refractivity (Wildman–Crippen MR) is 83.6 cm³/mol. The van der Waals surface area contributed by atoms with E-state index >= 15 is 0 Å². The molecule has 0 atom stereocenters. The van der Waals surface area contributed by atoms with Gasteiger partial charge in [-0.1, -0.05) is 6.07 Å². The highest BCUT2D eigenvalue weighted by Gasteiger charge is 2.40. The first-order valence-electron chi connectivity index (χ1n) is 6.91. The fourth-order valence-corrected chi connectivity index (χ4v) is 3.34. The van der Waals surface area contributed by atoms with Gasteiger partial charge in [-0.15, -0.1) is 0 Å². The summed E-state index contributed by atoms with van der Waals surface area (Å²) in [7, 11) is -3.42. The van der Waals surface area contributed by atoms with Crippen LogP contribution in [0.1, 0.15) is 11.1 Å². The molecular formula is C15H12F3NO6S. The van der Waals surface area contributed by atoms with Gasteiger partial charge in [-0.05, 0) is 36.8 Å². The van der Waals surface area contributed by atoms with Crippen molar-refractivity contribution in [2.24, 2.45) is 0 Å². The van der Waals surface area contributed by atoms with Gasteiger partial charge in [-0.2, -0.15) is 21.6 Å². The molecule has 26 heavy (non-hydrogen) atoms. The third-order valence-electron chi connectivity index (χ3n) is 3.34. The Morgan fingerprint density at radius 3 is 2.31 bits per heavy atom. The average Bonchev–Trinajstić information content (AvgIpc) is 2.52. The largest absolute Gasteiger partial charge is 0.497 e. The van der Waals surface area contributed by atoms with Crippen LogP contribution in [0, 0.1) is 17.0 Å². The van der Waals surface area contributed by atoms with Gasteiger partial charge in [-0.3, -0.25) is 10.1 Å². The van der Waals surface area contributed by atoms with Gasteiger partial charge in [0.1, 0.15) is 16.2 Å². The topological polar surface area (TPSA) is 95.7 Å². The van der Waals surface area contributed by atoms with E-state index in [2.05, 4.69) is 4.18 Å². The number of methoxy groups -OCH3 is 1. The molecule has 0 heterocycles. The molecule has 0 aromatic heterocycles. The summed E-state index contributed by atoms with van der Waals surface area (Å²) in [6.07, 6.45) is -5.05. The lowest BCUT2D eigenvalue weighted by Gasteiger charge is -2.15. The number of aryl methyl sites for hydroxylation is 1. The van der Waals surface area contributed by atoms with E-state index in [0.29, 0.717) is 11.8 Å². The first-order chi connectivity index (χ1) is 12.0. The molecule has 0 spiro atoms. The summed E-state index contributed by atoms with van der Waals surface area (Å²) < 4.78 is 73.7. The third kappa shape index (κ3) is 3.87. The van der Waals surface area contributed by atoms with Crippen LogP contribution in [0.5, 0.6) is 11.5 Å². The minimum absolute atomic E-state index is 0.136. The molecular weight excluding hydrogens is 379 g/mol. The van der Waals surface area contributed by atoms with Gasteiger partial charge in [0, 0.05) is 6.07 Å². The fourth-order valence-electron chi connectivity index (χ4n) is 2.16. The van der Waals surface area contributed by atoms with E-state index in [-0.39, 0.29) is 5.56 Å². The fraction of sp³-hybridized carbons (Fsp3) is 0.200. The van der Waals surface area contributed by atoms with Crippen molar-refractivity contribution >= 4 is 15.8 Å². The minimum atomic E-state index is -5.05. The Labute approximate surface area is 146 Å². The lowest BCUT2D eigenvalue weighted by atomic mass is 10.1. The monoisotopic (exact) mass is 391 g/mol. The number of hydrogen-bond donors (Lipinski definition) is 0. The van der Waals surface area contributed by atoms with Crippen LogP contribution in [0.3, 0.4) is 0 Å². The van der Waals surface area contributed by atoms with Crippen molar-refractivity contribution in [1.82, 2.24) is 0 Å². The molecule has 0 saturated carbocycles. The SMILES string of the molecule is COc1ccc(S(=O)(=O)Oc2c([N+](=O)[O-])cccc2C(F)(F)F)c(C)c1. The average molecular weight is 391 g/mol. The summed E-state index contributed by atoms with van der Waals surface area (Å²) in [4.78, 5) is 9.43. The molecule has 0 amide bonds. The van der Waals surface area contributed by atoms with Crippen molar-refractivity contribution in [2.75, 3.05) is 7.11 Å². The Morgan fingerprint density at radius 2 is 1.81 bits per heavy atom. The van der Waals surface area contributed by atoms with Crippen LogP contribution in [0.15, 0.2) is 41.3 Å². The highest BCUT2D eigenvalue weighted by atomic mass is 32.2. The van der Waals surface area contributed by atoms with Gasteiger partial charge in [0.25, 0.3) is 0 Å². The maximum atomic E-state index is 13.1. The lowest BCUT2D eigenvalue weighted by molar-refractivity contribution is -0.385. The van der Waals surface area contributed by atoms with Crippen molar-refractivity contribution in [3.8, 4) is 11.5 Å². The second-order valence-corrected chi connectivity index (χ2v) is 6.59. The van der Waals surface area contributed by atoms with Crippen LogP contribution in [-0.4, -0.2) is 20.5 Å². The van der Waals surface area contributed by atoms with Gasteiger partial charge < -0.3 is 8.92 Å². The first kappa shape index (κ1) is 19.5. The number of hydrogen-bond acceptors (Lipinski definition) is 6. The van der Waals surface area contributed by atoms with Gasteiger partial charge in [0.15, 0.2) is 0 Å². The number of nitro groups is 1. The summed E-state index contributed by atoms with van der Waals surface area (Å²) in [5.41, 5.74) is -2.55. The Balaban J connectivity index is 2.61. The second-order valence-electron chi connectivity index (χ2n) is 5.08. The standard InChI is InChI=1S/C15H12F3NO6S/c1-9-8-10(24-2)6-7-13(9)26(22,23)25-14-11(15(16,17)18)4-3-5-12(14)19(20)21/h3-8H,1-2H3. The van der Waals surface area contributed by atoms with E-state index in [1.165, 1.54) is 26.2 Å². The van der Waals surface area contributed by atoms with Gasteiger partial charge in [0.05, 0.1) is 12.0 Å². The zero-order chi connectivity index (χ0) is 19.7. The summed E-state index contributed by atoms with van der Waals surface area (Å²) >= 11 is 0. The number of benzene rings is 2. The Kier molecular flexibility index (Phi) is 5.12. The molecule has 0 unspecified atom stereocenters. The van der Waals surface area contributed by atoms with E-state index in [9.17, 15) is 31.7 Å². The van der Waals surface area contributed by atoms with Gasteiger partial charge in [-0.25, -0.2) is 0 Å². The summed E-state index contributed by atoms with van der Waals surface area (Å²) in [6, 6.07) is 5.69. The van der Waals surface area contributed by atoms with E-state index in [0.717, 1.165) is 18.2 Å². The quantitative estimate of drug-likeness (QED) is 0.438. The second kappa shape index (κ2) is 6.83. The number of rotatable bonds is 5. The molecule has 0 fully saturated rings. The molecule has 2 rings (SSSR count). The molecule has 0 saturated heterocycles. The molecule has 140 valence electrons. The molecule has 0 N–H and O–H groups in total. The van der Waals surface area contributed by atoms with Crippen LogP contribution >= 0.6 is 0 Å². The lowest BCUT2D eigenvalue weighted by Crippen LogP contribution is -2.16. The number of para-hydroxylation sites is 1. The highest BCUT2D eigenvalue weighted by Crippen LogP contribution is 2.42. The van der Waals surface area contributed by atoms with Crippen LogP contribution < -0.4 is 8.92 Å². The van der Waals surface area contributed by atoms with Crippen LogP contribution in [0.25, 0.3) is 0 Å². The van der Waals surface area contributed by atoms with Gasteiger partial charge >= 0.3 is 22.0 Å². The van der Waals surface area contributed by atoms with Crippen LogP contribution in [-0.2, 0) is 16.3 Å². The van der Waals surface area contributed by atoms with E-state index < -0.39 is 43.1 Å². The van der Waals surface area contributed by atoms with Crippen molar-refractivity contribution in [2.45, 2.75) is 18.0 Å². The molecule has 11 heteroatoms. The Hall–Kier alpha value is -2.82. The maximum Gasteiger partial charge on any atom is 0.420 e. The highest BCUT2D eigenvalue weighted by molar-refractivity contribution is 7.87. The summed E-state index contributed by atoms with van der Waals surface area (Å²) in [6.45, 7) is 1.38. The Bertz CT molecular complexity index is 956. The number of ether oxygens (including phenoxy) is 1. The molecule has 0 aliphatic carbocycles. The number of nitro benzene ring substituents is 1. The van der Waals surface area contributed by atoms with E-state index in [4.69, 9.17) is 4.74 Å². The number of nitrogens with zero attached hydrogens (tertiary/aromatic N) is 1. The molecule has 0 aliphatic heterocycles. The van der Waals surface area contributed by atoms with Gasteiger partial charge in [0.2, 0.25) is 5.75 Å². The first-order valence-corrected chi connectivity index (χ1v) is 8.32. The van der Waals surface area contributed by atoms with Crippen molar-refractivity contribution in [3.63, 3.8) is 0 Å². The predicted octanol–water partition coefficient (Wildman–Crippen LogP) is 3.70. The maximum absolute atomic E-state index is 13.1. The molecule has 7 nitrogen and oxygen atoms in total. The molecule has 2 aromatic carbocycles. The van der Waals surface area contributed by atoms with Crippen molar-refractivity contribution in [1.29, 1.82) is 0 Å². The van der Waals surface area contributed by atoms with Crippen molar-refractivity contribution < 1.29 is 35.4 Å². The normalized spacial score (nSPS) is 11.9. The Morgan fingerprint density at radius 1 is 1.15 bits per heavy atom. The molecule has 2 aromatic rings.